The zero-order valence-corrected chi connectivity index (χ0v) is 19.2. The zero-order chi connectivity index (χ0) is 22.7. The van der Waals surface area contributed by atoms with Gasteiger partial charge in [-0.2, -0.15) is 4.98 Å². The number of anilines is 2. The molecule has 170 valence electrons. The maximum Gasteiger partial charge on any atom is 0.270 e. The molecule has 3 aromatic rings. The van der Waals surface area contributed by atoms with Crippen molar-refractivity contribution in [2.24, 2.45) is 0 Å². The monoisotopic (exact) mass is 437 g/mol. The van der Waals surface area contributed by atoms with Crippen molar-refractivity contribution in [3.8, 4) is 5.75 Å². The second-order valence-electron chi connectivity index (χ2n) is 8.67. The van der Waals surface area contributed by atoms with Gasteiger partial charge in [-0.25, -0.2) is 9.97 Å². The van der Waals surface area contributed by atoms with Gasteiger partial charge in [0.2, 0.25) is 5.95 Å². The van der Waals surface area contributed by atoms with E-state index in [9.17, 15) is 4.79 Å². The average molecular weight is 438 g/mol. The number of nitrogens with zero attached hydrogens (tertiary/aromatic N) is 6. The summed E-state index contributed by atoms with van der Waals surface area (Å²) in [4.78, 5) is 30.1. The van der Waals surface area contributed by atoms with E-state index in [0.717, 1.165) is 36.2 Å². The van der Waals surface area contributed by atoms with Crippen LogP contribution in [0, 0.1) is 0 Å². The van der Waals surface area contributed by atoms with Crippen molar-refractivity contribution in [1.29, 1.82) is 0 Å². The summed E-state index contributed by atoms with van der Waals surface area (Å²) in [6.45, 7) is 1.44. The molecule has 1 aliphatic carbocycles. The topological polar surface area (TPSA) is 88.4 Å². The molecule has 9 heteroatoms. The SMILES string of the molecule is CN(C)CCOc1ccc(Nc2ncc3cc(C(=O)N(C)C)n(C4CCCC4)c3n2)nc1. The summed E-state index contributed by atoms with van der Waals surface area (Å²) < 4.78 is 7.80. The Morgan fingerprint density at radius 3 is 2.59 bits per heavy atom. The van der Waals surface area contributed by atoms with Gasteiger partial charge >= 0.3 is 0 Å². The summed E-state index contributed by atoms with van der Waals surface area (Å²) in [5.41, 5.74) is 1.45. The molecule has 0 unspecified atom stereocenters. The van der Waals surface area contributed by atoms with Crippen molar-refractivity contribution in [2.45, 2.75) is 31.7 Å². The predicted molar refractivity (Wildman–Crippen MR) is 125 cm³/mol. The molecule has 0 bridgehead atoms. The third-order valence-electron chi connectivity index (χ3n) is 5.67. The minimum Gasteiger partial charge on any atom is -0.491 e. The molecule has 1 saturated carbocycles. The van der Waals surface area contributed by atoms with Gasteiger partial charge in [0.15, 0.2) is 0 Å². The summed E-state index contributed by atoms with van der Waals surface area (Å²) in [5, 5.41) is 4.04. The lowest BCUT2D eigenvalue weighted by atomic mass is 10.2. The number of ether oxygens (including phenoxy) is 1. The van der Waals surface area contributed by atoms with Crippen LogP contribution in [-0.2, 0) is 0 Å². The number of rotatable bonds is 8. The number of hydrogen-bond acceptors (Lipinski definition) is 7. The van der Waals surface area contributed by atoms with Gasteiger partial charge in [0.1, 0.15) is 29.5 Å². The molecule has 0 spiro atoms. The first-order valence-corrected chi connectivity index (χ1v) is 11.0. The summed E-state index contributed by atoms with van der Waals surface area (Å²) in [6.07, 6.45) is 7.90. The van der Waals surface area contributed by atoms with Crippen LogP contribution in [0.4, 0.5) is 11.8 Å². The third kappa shape index (κ3) is 4.83. The van der Waals surface area contributed by atoms with Crippen LogP contribution in [-0.4, -0.2) is 76.6 Å². The Morgan fingerprint density at radius 2 is 1.94 bits per heavy atom. The van der Waals surface area contributed by atoms with E-state index >= 15 is 0 Å². The van der Waals surface area contributed by atoms with E-state index in [0.29, 0.717) is 24.1 Å². The van der Waals surface area contributed by atoms with Gasteiger partial charge < -0.3 is 24.4 Å². The Kier molecular flexibility index (Phi) is 6.55. The van der Waals surface area contributed by atoms with E-state index < -0.39 is 0 Å². The maximum absolute atomic E-state index is 12.8. The number of carbonyl (C=O) groups is 1. The standard InChI is InChI=1S/C23H31N7O2/c1-28(2)11-12-32-18-9-10-20(24-15-18)26-23-25-14-16-13-19(22(31)29(3)4)30(21(16)27-23)17-7-5-6-8-17/h9-10,13-15,17H,5-8,11-12H2,1-4H3,(H,24,25,26,27). The van der Waals surface area contributed by atoms with Crippen LogP contribution in [0.3, 0.4) is 0 Å². The summed E-state index contributed by atoms with van der Waals surface area (Å²) in [6, 6.07) is 5.90. The number of nitrogens with one attached hydrogen (secondary N) is 1. The molecule has 0 atom stereocenters. The molecular weight excluding hydrogens is 406 g/mol. The molecule has 32 heavy (non-hydrogen) atoms. The molecule has 3 aromatic heterocycles. The molecular formula is C23H31N7O2. The van der Waals surface area contributed by atoms with E-state index in [1.807, 2.05) is 32.3 Å². The Labute approximate surface area is 188 Å². The van der Waals surface area contributed by atoms with E-state index in [2.05, 4.69) is 24.8 Å². The normalized spacial score (nSPS) is 14.3. The van der Waals surface area contributed by atoms with Crippen LogP contribution >= 0.6 is 0 Å². The van der Waals surface area contributed by atoms with Crippen LogP contribution in [0.25, 0.3) is 11.0 Å². The van der Waals surface area contributed by atoms with E-state index in [1.165, 1.54) is 12.8 Å². The van der Waals surface area contributed by atoms with Crippen molar-refractivity contribution in [3.05, 3.63) is 36.3 Å². The van der Waals surface area contributed by atoms with Crippen LogP contribution in [0.5, 0.6) is 5.75 Å². The summed E-state index contributed by atoms with van der Waals surface area (Å²) in [7, 11) is 7.57. The van der Waals surface area contributed by atoms with Gasteiger partial charge in [-0.05, 0) is 45.1 Å². The number of carbonyl (C=O) groups excluding carboxylic acids is 1. The zero-order valence-electron chi connectivity index (χ0n) is 19.2. The van der Waals surface area contributed by atoms with Crippen molar-refractivity contribution in [2.75, 3.05) is 46.7 Å². The van der Waals surface area contributed by atoms with Gasteiger partial charge in [0.25, 0.3) is 5.91 Å². The molecule has 1 aliphatic rings. The minimum atomic E-state index is -0.0177. The first-order valence-electron chi connectivity index (χ1n) is 11.0. The number of likely N-dealkylation sites (N-methyl/N-ethyl adjacent to an activating group) is 1. The van der Waals surface area contributed by atoms with Gasteiger partial charge in [-0.3, -0.25) is 4.79 Å². The smallest absolute Gasteiger partial charge is 0.270 e. The first-order chi connectivity index (χ1) is 15.4. The highest BCUT2D eigenvalue weighted by Crippen LogP contribution is 2.34. The van der Waals surface area contributed by atoms with Crippen LogP contribution in [0.2, 0.25) is 0 Å². The van der Waals surface area contributed by atoms with Crippen molar-refractivity contribution in [1.82, 2.24) is 29.3 Å². The number of aromatic nitrogens is 4. The average Bonchev–Trinajstić information content (AvgIpc) is 3.41. The highest BCUT2D eigenvalue weighted by molar-refractivity contribution is 5.97. The molecule has 1 N–H and O–H groups in total. The molecule has 4 rings (SSSR count). The van der Waals surface area contributed by atoms with Crippen molar-refractivity contribution < 1.29 is 9.53 Å². The molecule has 1 fully saturated rings. The molecule has 0 saturated heterocycles. The van der Waals surface area contributed by atoms with Crippen LogP contribution in [0.1, 0.15) is 42.2 Å². The van der Waals surface area contributed by atoms with Gasteiger partial charge in [-0.15, -0.1) is 0 Å². The summed E-state index contributed by atoms with van der Waals surface area (Å²) in [5.74, 6) is 1.78. The predicted octanol–water partition coefficient (Wildman–Crippen LogP) is 3.33. The molecule has 3 heterocycles. The Hall–Kier alpha value is -3.20. The van der Waals surface area contributed by atoms with Gasteiger partial charge in [-0.1, -0.05) is 12.8 Å². The van der Waals surface area contributed by atoms with Gasteiger partial charge in [0.05, 0.1) is 6.20 Å². The largest absolute Gasteiger partial charge is 0.491 e. The Balaban J connectivity index is 1.57. The number of fused-ring (bicyclic) bond motifs is 1. The van der Waals surface area contributed by atoms with E-state index in [-0.39, 0.29) is 11.9 Å². The third-order valence-corrected chi connectivity index (χ3v) is 5.67. The highest BCUT2D eigenvalue weighted by atomic mass is 16.5. The minimum absolute atomic E-state index is 0.0177. The molecule has 0 aromatic carbocycles. The number of pyridine rings is 1. The lowest BCUT2D eigenvalue weighted by Crippen LogP contribution is -2.25. The second-order valence-corrected chi connectivity index (χ2v) is 8.67. The van der Waals surface area contributed by atoms with Crippen molar-refractivity contribution >= 4 is 28.7 Å². The highest BCUT2D eigenvalue weighted by Gasteiger charge is 2.26. The lowest BCUT2D eigenvalue weighted by Gasteiger charge is -2.19. The van der Waals surface area contributed by atoms with E-state index in [4.69, 9.17) is 9.72 Å². The fraction of sp³-hybridized carbons (Fsp3) is 0.478. The maximum atomic E-state index is 12.8. The molecule has 0 radical (unpaired) electrons. The fourth-order valence-electron chi connectivity index (χ4n) is 3.99. The quantitative estimate of drug-likeness (QED) is 0.578. The molecule has 1 amide bonds. The van der Waals surface area contributed by atoms with Crippen LogP contribution in [0.15, 0.2) is 30.6 Å². The molecule has 9 nitrogen and oxygen atoms in total. The summed E-state index contributed by atoms with van der Waals surface area (Å²) >= 11 is 0. The fourth-order valence-corrected chi connectivity index (χ4v) is 3.99. The number of hydrogen-bond donors (Lipinski definition) is 1. The Bertz CT molecular complexity index is 1070. The first kappa shape index (κ1) is 22.0. The number of amides is 1. The van der Waals surface area contributed by atoms with Gasteiger partial charge in [0, 0.05) is 38.3 Å². The van der Waals surface area contributed by atoms with Crippen LogP contribution < -0.4 is 10.1 Å². The van der Waals surface area contributed by atoms with E-state index in [1.54, 1.807) is 31.4 Å². The molecule has 0 aliphatic heterocycles. The Morgan fingerprint density at radius 1 is 1.16 bits per heavy atom. The van der Waals surface area contributed by atoms with Crippen molar-refractivity contribution in [3.63, 3.8) is 0 Å². The lowest BCUT2D eigenvalue weighted by molar-refractivity contribution is 0.0815. The second kappa shape index (κ2) is 9.52.